The molecule has 246 valence electrons. The molecule has 0 atom stereocenters. The van der Waals surface area contributed by atoms with Crippen LogP contribution in [0.4, 0.5) is 0 Å². The van der Waals surface area contributed by atoms with E-state index in [0.717, 1.165) is 47.9 Å². The van der Waals surface area contributed by atoms with Crippen molar-refractivity contribution in [1.82, 2.24) is 20.2 Å². The number of nitrogens with one attached hydrogen (secondary N) is 2. The quantitative estimate of drug-likeness (QED) is 0.185. The molecule has 0 saturated heterocycles. The fourth-order valence-electron chi connectivity index (χ4n) is 6.65. The molecule has 11 heteroatoms. The smallest absolute Gasteiger partial charge is 0.255 e. The van der Waals surface area contributed by atoms with Gasteiger partial charge in [0.05, 0.1) is 48.0 Å². The van der Waals surface area contributed by atoms with Gasteiger partial charge in [0.25, 0.3) is 5.91 Å². The number of likely N-dealkylation sites (N-methyl/N-ethyl adjacent to an activating group) is 1. The maximum absolute atomic E-state index is 13.1. The number of aliphatic hydroxyl groups is 1. The van der Waals surface area contributed by atoms with E-state index >= 15 is 0 Å². The summed E-state index contributed by atoms with van der Waals surface area (Å²) >= 11 is 0. The van der Waals surface area contributed by atoms with Crippen LogP contribution < -0.4 is 25.8 Å². The second kappa shape index (κ2) is 12.7. The van der Waals surface area contributed by atoms with Crippen molar-refractivity contribution in [2.75, 3.05) is 13.7 Å². The molecule has 2 aromatic heterocycles. The number of primary amides is 1. The van der Waals surface area contributed by atoms with Crippen LogP contribution in [0.25, 0.3) is 16.6 Å². The van der Waals surface area contributed by atoms with Crippen LogP contribution in [0, 0.1) is 5.41 Å². The highest BCUT2D eigenvalue weighted by molar-refractivity contribution is 6.00. The zero-order valence-electron chi connectivity index (χ0n) is 26.9. The molecule has 0 unspecified atom stereocenters. The average molecular weight is 640 g/mol. The number of amides is 3. The fraction of sp³-hybridized carbons (Fsp3) is 0.389. The number of fused-ring (bicyclic) bond motifs is 1. The van der Waals surface area contributed by atoms with Gasteiger partial charge < -0.3 is 30.9 Å². The van der Waals surface area contributed by atoms with Crippen molar-refractivity contribution in [3.05, 3.63) is 83.7 Å². The highest BCUT2D eigenvalue weighted by Crippen LogP contribution is 2.57. The second-order valence-electron chi connectivity index (χ2n) is 13.6. The number of benzene rings is 2. The first kappa shape index (κ1) is 32.1. The number of pyridine rings is 1. The van der Waals surface area contributed by atoms with Gasteiger partial charge in [0.1, 0.15) is 18.1 Å². The molecule has 5 N–H and O–H groups in total. The van der Waals surface area contributed by atoms with E-state index in [1.807, 2.05) is 42.5 Å². The number of ether oxygens (including phenoxy) is 2. The molecule has 2 aliphatic carbocycles. The lowest BCUT2D eigenvalue weighted by atomic mass is 9.53. The number of nitrogens with two attached hydrogens (primary N) is 1. The monoisotopic (exact) mass is 639 g/mol. The lowest BCUT2D eigenvalue weighted by Crippen LogP contribution is -2.58. The molecule has 1 spiro atoms. The van der Waals surface area contributed by atoms with Crippen molar-refractivity contribution < 1.29 is 29.0 Å². The largest absolute Gasteiger partial charge is 0.490 e. The molecule has 2 saturated carbocycles. The van der Waals surface area contributed by atoms with Gasteiger partial charge in [-0.1, -0.05) is 36.4 Å². The Bertz CT molecular complexity index is 1810. The highest BCUT2D eigenvalue weighted by Gasteiger charge is 2.54. The first-order valence-corrected chi connectivity index (χ1v) is 15.9. The first-order chi connectivity index (χ1) is 22.4. The molecule has 0 bridgehead atoms. The van der Waals surface area contributed by atoms with Crippen molar-refractivity contribution in [3.8, 4) is 22.6 Å². The van der Waals surface area contributed by atoms with E-state index in [-0.39, 0.29) is 42.4 Å². The van der Waals surface area contributed by atoms with Crippen LogP contribution in [-0.2, 0) is 22.4 Å². The Labute approximate surface area is 273 Å². The van der Waals surface area contributed by atoms with Gasteiger partial charge >= 0.3 is 0 Å². The molecule has 6 rings (SSSR count). The zero-order chi connectivity index (χ0) is 33.3. The minimum atomic E-state index is -0.959. The van der Waals surface area contributed by atoms with E-state index in [1.54, 1.807) is 49.9 Å². The molecule has 2 aliphatic rings. The number of hydrogen-bond donors (Lipinski definition) is 4. The Morgan fingerprint density at radius 3 is 2.53 bits per heavy atom. The predicted molar refractivity (Wildman–Crippen MR) is 176 cm³/mol. The van der Waals surface area contributed by atoms with E-state index in [9.17, 15) is 19.5 Å². The molecule has 11 nitrogen and oxygen atoms in total. The number of rotatable bonds is 12. The Morgan fingerprint density at radius 2 is 1.81 bits per heavy atom. The molecular weight excluding hydrogens is 598 g/mol. The van der Waals surface area contributed by atoms with E-state index in [4.69, 9.17) is 15.2 Å². The van der Waals surface area contributed by atoms with Crippen molar-refractivity contribution in [2.45, 2.75) is 70.1 Å². The molecule has 2 fully saturated rings. The molecular formula is C36H41N5O6. The van der Waals surface area contributed by atoms with Crippen LogP contribution in [0.1, 0.15) is 61.0 Å². The zero-order valence-corrected chi connectivity index (χ0v) is 26.9. The maximum atomic E-state index is 13.1. The van der Waals surface area contributed by atoms with Gasteiger partial charge in [0.2, 0.25) is 11.8 Å². The third kappa shape index (κ3) is 7.41. The summed E-state index contributed by atoms with van der Waals surface area (Å²) in [6.07, 6.45) is 7.10. The summed E-state index contributed by atoms with van der Waals surface area (Å²) in [5, 5.41) is 20.1. The van der Waals surface area contributed by atoms with Crippen LogP contribution in [0.15, 0.2) is 67.0 Å². The molecule has 0 aliphatic heterocycles. The highest BCUT2D eigenvalue weighted by atomic mass is 16.5. The predicted octanol–water partition coefficient (Wildman–Crippen LogP) is 3.59. The second-order valence-corrected chi connectivity index (χ2v) is 13.6. The topological polar surface area (TPSA) is 157 Å². The Kier molecular flexibility index (Phi) is 8.67. The van der Waals surface area contributed by atoms with Gasteiger partial charge in [-0.2, -0.15) is 5.10 Å². The molecule has 0 radical (unpaired) electrons. The summed E-state index contributed by atoms with van der Waals surface area (Å²) in [5.41, 5.74) is 9.42. The minimum Gasteiger partial charge on any atom is -0.490 e. The minimum absolute atomic E-state index is 0.000512. The summed E-state index contributed by atoms with van der Waals surface area (Å²) in [6, 6.07) is 17.2. The van der Waals surface area contributed by atoms with Gasteiger partial charge in [-0.25, -0.2) is 4.52 Å². The van der Waals surface area contributed by atoms with Gasteiger partial charge in [0.15, 0.2) is 0 Å². The third-order valence-electron chi connectivity index (χ3n) is 8.97. The van der Waals surface area contributed by atoms with Crippen molar-refractivity contribution in [2.24, 2.45) is 11.1 Å². The van der Waals surface area contributed by atoms with Gasteiger partial charge in [0, 0.05) is 18.7 Å². The summed E-state index contributed by atoms with van der Waals surface area (Å²) in [5.74, 6) is 0.550. The van der Waals surface area contributed by atoms with Gasteiger partial charge in [-0.15, -0.1) is 0 Å². The van der Waals surface area contributed by atoms with Gasteiger partial charge in [-0.05, 0) is 79.8 Å². The maximum Gasteiger partial charge on any atom is 0.255 e. The van der Waals surface area contributed by atoms with Crippen LogP contribution in [-0.4, -0.2) is 63.8 Å². The summed E-state index contributed by atoms with van der Waals surface area (Å²) in [4.78, 5) is 36.8. The Balaban J connectivity index is 1.05. The van der Waals surface area contributed by atoms with Crippen molar-refractivity contribution in [1.29, 1.82) is 0 Å². The number of nitrogens with zero attached hydrogens (tertiary/aromatic N) is 2. The fourth-order valence-corrected chi connectivity index (χ4v) is 6.65. The summed E-state index contributed by atoms with van der Waals surface area (Å²) in [7, 11) is 1.62. The summed E-state index contributed by atoms with van der Waals surface area (Å²) in [6.45, 7) is 3.48. The van der Waals surface area contributed by atoms with E-state index < -0.39 is 11.5 Å². The standard InChI is InChI=1S/C36H41N5O6/c1-35(2,45)21-46-27-9-10-30-29(19-39-41(30)20-27)34(44)40-26-15-36(16-26)17-28(18-36)47-31-13-24(7-8-25(31)14-32(37)42)23-6-4-5-22(11-23)12-33(43)38-3/h4-11,13,19-20,26,28,45H,12,14-18,21H2,1-3H3,(H2,37,42)(H,38,43)(H,40,44). The number of aromatic nitrogens is 2. The lowest BCUT2D eigenvalue weighted by molar-refractivity contribution is -0.120. The molecule has 3 amide bonds. The summed E-state index contributed by atoms with van der Waals surface area (Å²) < 4.78 is 13.7. The average Bonchev–Trinajstić information content (AvgIpc) is 3.41. The Hall–Kier alpha value is -4.90. The van der Waals surface area contributed by atoms with Crippen molar-refractivity contribution in [3.63, 3.8) is 0 Å². The van der Waals surface area contributed by atoms with Crippen LogP contribution in [0.2, 0.25) is 0 Å². The van der Waals surface area contributed by atoms with E-state index in [2.05, 4.69) is 15.7 Å². The molecule has 4 aromatic rings. The Morgan fingerprint density at radius 1 is 1.04 bits per heavy atom. The molecule has 2 heterocycles. The van der Waals surface area contributed by atoms with Crippen LogP contribution in [0.5, 0.6) is 11.5 Å². The number of hydrogen-bond acceptors (Lipinski definition) is 7. The SMILES string of the molecule is CNC(=O)Cc1cccc(-c2ccc(CC(N)=O)c(OC3CC4(CC(NC(=O)c5cnn6cc(OCC(C)(C)O)ccc56)C4)C3)c2)c1. The molecule has 47 heavy (non-hydrogen) atoms. The van der Waals surface area contributed by atoms with Crippen LogP contribution in [0.3, 0.4) is 0 Å². The normalized spacial score (nSPS) is 20.3. The lowest BCUT2D eigenvalue weighted by Gasteiger charge is -2.57. The number of carbonyl (C=O) groups is 3. The number of carbonyl (C=O) groups excluding carboxylic acids is 3. The van der Waals surface area contributed by atoms with Crippen molar-refractivity contribution >= 4 is 23.2 Å². The molecule has 2 aromatic carbocycles. The van der Waals surface area contributed by atoms with E-state index in [1.165, 1.54) is 0 Å². The van der Waals surface area contributed by atoms with E-state index in [0.29, 0.717) is 29.0 Å². The third-order valence-corrected chi connectivity index (χ3v) is 8.97. The van der Waals surface area contributed by atoms with Crippen LogP contribution >= 0.6 is 0 Å². The van der Waals surface area contributed by atoms with Gasteiger partial charge in [-0.3, -0.25) is 14.4 Å². The first-order valence-electron chi connectivity index (χ1n) is 15.9.